The number of para-hydroxylation sites is 3. The number of benzene rings is 3. The van der Waals surface area contributed by atoms with Crippen molar-refractivity contribution in [1.82, 2.24) is 9.13 Å². The van der Waals surface area contributed by atoms with Gasteiger partial charge in [-0.3, -0.25) is 4.79 Å². The van der Waals surface area contributed by atoms with Crippen LogP contribution >= 0.6 is 0 Å². The van der Waals surface area contributed by atoms with Crippen LogP contribution in [0.3, 0.4) is 0 Å². The van der Waals surface area contributed by atoms with Crippen LogP contribution in [-0.2, 0) is 13.6 Å². The molecule has 0 saturated heterocycles. The van der Waals surface area contributed by atoms with Gasteiger partial charge in [-0.15, -0.1) is 0 Å². The average molecular weight is 392 g/mol. The number of carbonyl (C=O) groups is 1. The minimum Gasteiger partial charge on any atom is -0.343 e. The van der Waals surface area contributed by atoms with Crippen molar-refractivity contribution in [2.75, 3.05) is 0 Å². The average Bonchev–Trinajstić information content (AvgIpc) is 3.30. The molecule has 4 nitrogen and oxygen atoms in total. The van der Waals surface area contributed by atoms with E-state index in [1.807, 2.05) is 83.2 Å². The third-order valence-electron chi connectivity index (χ3n) is 5.68. The monoisotopic (exact) mass is 392 g/mol. The van der Waals surface area contributed by atoms with Crippen molar-refractivity contribution in [3.63, 3.8) is 0 Å². The lowest BCUT2D eigenvalue weighted by Gasteiger charge is -2.07. The fourth-order valence-electron chi connectivity index (χ4n) is 4.31. The molecule has 146 valence electrons. The zero-order valence-electron chi connectivity index (χ0n) is 16.8. The van der Waals surface area contributed by atoms with Crippen LogP contribution in [-0.4, -0.2) is 14.9 Å². The summed E-state index contributed by atoms with van der Waals surface area (Å²) in [7, 11) is 2.03. The highest BCUT2D eigenvalue weighted by molar-refractivity contribution is 6.13. The largest absolute Gasteiger partial charge is 0.343 e. The van der Waals surface area contributed by atoms with Crippen molar-refractivity contribution in [3.05, 3.63) is 97.3 Å². The van der Waals surface area contributed by atoms with Crippen LogP contribution in [0, 0.1) is 0 Å². The van der Waals surface area contributed by atoms with Crippen LogP contribution in [0.25, 0.3) is 39.4 Å². The Morgan fingerprint density at radius 3 is 2.37 bits per heavy atom. The summed E-state index contributed by atoms with van der Waals surface area (Å²) in [5.74, 6) is 0.0858. The zero-order valence-corrected chi connectivity index (χ0v) is 16.8. The van der Waals surface area contributed by atoms with Crippen LogP contribution in [0.15, 0.2) is 91.8 Å². The summed E-state index contributed by atoms with van der Waals surface area (Å²) in [6.07, 6.45) is 3.69. The predicted molar refractivity (Wildman–Crippen MR) is 121 cm³/mol. The lowest BCUT2D eigenvalue weighted by molar-refractivity contribution is -0.657. The van der Waals surface area contributed by atoms with Gasteiger partial charge in [-0.1, -0.05) is 67.2 Å². The second kappa shape index (κ2) is 7.16. The predicted octanol–water partition coefficient (Wildman–Crippen LogP) is 5.07. The fraction of sp³-hybridized carbons (Fsp3) is 0.0769. The van der Waals surface area contributed by atoms with E-state index in [2.05, 4.69) is 29.3 Å². The quantitative estimate of drug-likeness (QED) is 0.303. The topological polar surface area (TPSA) is 30.8 Å². The molecule has 0 spiro atoms. The number of Topliss-reactive ketones (excluding diaryl/α,β-unsaturated/α-hetero) is 1. The van der Waals surface area contributed by atoms with E-state index in [1.165, 1.54) is 0 Å². The van der Waals surface area contributed by atoms with Crippen molar-refractivity contribution in [2.24, 2.45) is 7.05 Å². The van der Waals surface area contributed by atoms with E-state index in [-0.39, 0.29) is 12.3 Å². The van der Waals surface area contributed by atoms with Gasteiger partial charge in [-0.05, 0) is 23.8 Å². The van der Waals surface area contributed by atoms with Gasteiger partial charge in [-0.25, -0.2) is 9.13 Å². The highest BCUT2D eigenvalue weighted by Crippen LogP contribution is 2.33. The maximum Gasteiger partial charge on any atom is 0.249 e. The molecule has 0 unspecified atom stereocenters. The minimum atomic E-state index is 0.0858. The standard InChI is InChI=1S/C26H22N3O/c1-3-28-18-29(23-16-10-9-15-22(23)28)17-24(30)25-20-13-7-8-14-21(20)27(2)26(25)19-11-5-4-6-12-19/h3-16,18H,1,17H2,2H3/q+1. The molecular formula is C26H22N3O+. The Morgan fingerprint density at radius 1 is 0.933 bits per heavy atom. The minimum absolute atomic E-state index is 0.0858. The Hall–Kier alpha value is -3.92. The van der Waals surface area contributed by atoms with E-state index < -0.39 is 0 Å². The molecule has 5 rings (SSSR count). The van der Waals surface area contributed by atoms with Gasteiger partial charge in [0.05, 0.1) is 17.5 Å². The molecule has 2 heterocycles. The van der Waals surface area contributed by atoms with Gasteiger partial charge in [0, 0.05) is 18.0 Å². The summed E-state index contributed by atoms with van der Waals surface area (Å²) in [6, 6.07) is 26.3. The number of aryl methyl sites for hydroxylation is 1. The molecule has 5 aromatic rings. The molecule has 0 atom stereocenters. The molecule has 2 aromatic heterocycles. The van der Waals surface area contributed by atoms with Gasteiger partial charge in [0.15, 0.2) is 17.6 Å². The highest BCUT2D eigenvalue weighted by atomic mass is 16.1. The zero-order chi connectivity index (χ0) is 20.7. The third-order valence-corrected chi connectivity index (χ3v) is 5.68. The SMILES string of the molecule is C=Cn1c[n+](CC(=O)c2c(-c3ccccc3)n(C)c3ccccc23)c2ccccc21. The molecule has 0 aliphatic rings. The lowest BCUT2D eigenvalue weighted by Crippen LogP contribution is -2.36. The Kier molecular flexibility index (Phi) is 4.32. The van der Waals surface area contributed by atoms with Crippen LogP contribution in [0.1, 0.15) is 10.4 Å². The lowest BCUT2D eigenvalue weighted by atomic mass is 10.0. The summed E-state index contributed by atoms with van der Waals surface area (Å²) in [5.41, 5.74) is 5.85. The second-order valence-corrected chi connectivity index (χ2v) is 7.41. The second-order valence-electron chi connectivity index (χ2n) is 7.41. The number of ketones is 1. The molecule has 0 saturated carbocycles. The maximum atomic E-state index is 13.7. The number of hydrogen-bond donors (Lipinski definition) is 0. The third kappa shape index (κ3) is 2.77. The Balaban J connectivity index is 1.69. The van der Waals surface area contributed by atoms with E-state index in [9.17, 15) is 4.79 Å². The van der Waals surface area contributed by atoms with Gasteiger partial charge >= 0.3 is 0 Å². The molecule has 0 aliphatic carbocycles. The Morgan fingerprint density at radius 2 is 1.60 bits per heavy atom. The number of carbonyl (C=O) groups excluding carboxylic acids is 1. The van der Waals surface area contributed by atoms with Crippen molar-refractivity contribution in [2.45, 2.75) is 6.54 Å². The van der Waals surface area contributed by atoms with Crippen LogP contribution in [0.5, 0.6) is 0 Å². The summed E-state index contributed by atoms with van der Waals surface area (Å²) < 4.78 is 6.06. The van der Waals surface area contributed by atoms with E-state index in [0.29, 0.717) is 0 Å². The molecule has 0 amide bonds. The van der Waals surface area contributed by atoms with Crippen LogP contribution in [0.4, 0.5) is 0 Å². The summed E-state index contributed by atoms with van der Waals surface area (Å²) in [4.78, 5) is 13.7. The molecule has 30 heavy (non-hydrogen) atoms. The smallest absolute Gasteiger partial charge is 0.249 e. The van der Waals surface area contributed by atoms with Crippen LogP contribution in [0.2, 0.25) is 0 Å². The van der Waals surface area contributed by atoms with E-state index in [0.717, 1.165) is 38.8 Å². The number of nitrogens with zero attached hydrogens (tertiary/aromatic N) is 3. The number of hydrogen-bond acceptors (Lipinski definition) is 1. The number of fused-ring (bicyclic) bond motifs is 2. The molecule has 0 radical (unpaired) electrons. The summed E-state index contributed by atoms with van der Waals surface area (Å²) in [5, 5.41) is 0.983. The van der Waals surface area contributed by atoms with E-state index in [1.54, 1.807) is 6.20 Å². The van der Waals surface area contributed by atoms with Gasteiger partial charge in [-0.2, -0.15) is 0 Å². The highest BCUT2D eigenvalue weighted by Gasteiger charge is 2.25. The van der Waals surface area contributed by atoms with E-state index >= 15 is 0 Å². The van der Waals surface area contributed by atoms with Gasteiger partial charge in [0.1, 0.15) is 0 Å². The van der Waals surface area contributed by atoms with Crippen molar-refractivity contribution < 1.29 is 9.36 Å². The molecule has 0 N–H and O–H groups in total. The first kappa shape index (κ1) is 18.1. The van der Waals surface area contributed by atoms with Gasteiger partial charge < -0.3 is 4.57 Å². The number of rotatable bonds is 5. The first-order valence-electron chi connectivity index (χ1n) is 9.96. The maximum absolute atomic E-state index is 13.7. The summed E-state index contributed by atoms with van der Waals surface area (Å²) >= 11 is 0. The molecular weight excluding hydrogens is 370 g/mol. The van der Waals surface area contributed by atoms with Crippen molar-refractivity contribution in [1.29, 1.82) is 0 Å². The first-order chi connectivity index (χ1) is 14.7. The molecule has 3 aromatic carbocycles. The van der Waals surface area contributed by atoms with E-state index in [4.69, 9.17) is 0 Å². The van der Waals surface area contributed by atoms with Gasteiger partial charge in [0.2, 0.25) is 12.1 Å². The van der Waals surface area contributed by atoms with Crippen molar-refractivity contribution >= 4 is 33.9 Å². The van der Waals surface area contributed by atoms with Gasteiger partial charge in [0.25, 0.3) is 0 Å². The molecule has 0 aliphatic heterocycles. The van der Waals surface area contributed by atoms with Crippen LogP contribution < -0.4 is 4.57 Å². The van der Waals surface area contributed by atoms with Crippen molar-refractivity contribution in [3.8, 4) is 11.3 Å². The normalized spacial score (nSPS) is 11.2. The molecule has 4 heteroatoms. The molecule has 0 fully saturated rings. The Bertz CT molecular complexity index is 1410. The molecule has 0 bridgehead atoms. The fourth-order valence-corrected chi connectivity index (χ4v) is 4.31. The first-order valence-corrected chi connectivity index (χ1v) is 9.96. The number of aromatic nitrogens is 3. The Labute approximate surface area is 174 Å². The summed E-state index contributed by atoms with van der Waals surface area (Å²) in [6.45, 7) is 4.15. The number of imidazole rings is 1.